The second-order valence-electron chi connectivity index (χ2n) is 6.93. The molecule has 2 heterocycles. The molecule has 0 radical (unpaired) electrons. The van der Waals surface area contributed by atoms with E-state index in [1.807, 2.05) is 66.7 Å². The first-order chi connectivity index (χ1) is 13.8. The van der Waals surface area contributed by atoms with Crippen LogP contribution in [-0.2, 0) is 0 Å². The summed E-state index contributed by atoms with van der Waals surface area (Å²) in [5.74, 6) is 2.63. The molecule has 1 aliphatic rings. The van der Waals surface area contributed by atoms with E-state index in [1.54, 1.807) is 0 Å². The van der Waals surface area contributed by atoms with Crippen molar-refractivity contribution in [1.29, 1.82) is 0 Å². The molecule has 0 atom stereocenters. The van der Waals surface area contributed by atoms with Gasteiger partial charge in [-0.15, -0.1) is 0 Å². The highest BCUT2D eigenvalue weighted by atomic mass is 15.2. The first-order valence-corrected chi connectivity index (χ1v) is 9.42. The Morgan fingerprint density at radius 2 is 1.54 bits per heavy atom. The van der Waals surface area contributed by atoms with E-state index in [0.29, 0.717) is 17.7 Å². The molecule has 2 aromatic heterocycles. The maximum absolute atomic E-state index is 4.69. The fraction of sp³-hybridized carbons (Fsp3) is 0.136. The monoisotopic (exact) mass is 368 g/mol. The largest absolute Gasteiger partial charge is 0.324 e. The van der Waals surface area contributed by atoms with Crippen LogP contribution in [0.3, 0.4) is 0 Å². The van der Waals surface area contributed by atoms with Gasteiger partial charge in [0.05, 0.1) is 5.69 Å². The van der Waals surface area contributed by atoms with Gasteiger partial charge >= 0.3 is 0 Å². The van der Waals surface area contributed by atoms with Gasteiger partial charge in [0, 0.05) is 35.0 Å². The lowest BCUT2D eigenvalue weighted by atomic mass is 10.1. The van der Waals surface area contributed by atoms with Crippen LogP contribution < -0.4 is 10.6 Å². The SMILES string of the molecule is c1ccc(Nc2nc(Nc3cc(C4CC4)[nH]n3)cc(-c3ccccc3)n2)cc1. The number of aromatic amines is 1. The summed E-state index contributed by atoms with van der Waals surface area (Å²) in [4.78, 5) is 9.33. The van der Waals surface area contributed by atoms with Crippen LogP contribution in [0.4, 0.5) is 23.3 Å². The van der Waals surface area contributed by atoms with Crippen LogP contribution in [0.5, 0.6) is 0 Å². The average Bonchev–Trinajstić information content (AvgIpc) is 3.49. The lowest BCUT2D eigenvalue weighted by Gasteiger charge is -2.10. The fourth-order valence-electron chi connectivity index (χ4n) is 3.11. The van der Waals surface area contributed by atoms with E-state index in [0.717, 1.165) is 22.8 Å². The Balaban J connectivity index is 1.48. The smallest absolute Gasteiger partial charge is 0.229 e. The number of anilines is 4. The number of H-pyrrole nitrogens is 1. The van der Waals surface area contributed by atoms with E-state index in [9.17, 15) is 0 Å². The second-order valence-corrected chi connectivity index (χ2v) is 6.93. The minimum atomic E-state index is 0.535. The molecule has 28 heavy (non-hydrogen) atoms. The number of rotatable bonds is 6. The van der Waals surface area contributed by atoms with Gasteiger partial charge in [-0.05, 0) is 25.0 Å². The number of hydrogen-bond donors (Lipinski definition) is 3. The van der Waals surface area contributed by atoms with E-state index in [2.05, 4.69) is 31.9 Å². The minimum absolute atomic E-state index is 0.535. The van der Waals surface area contributed by atoms with Crippen LogP contribution in [0.2, 0.25) is 0 Å². The highest BCUT2D eigenvalue weighted by Gasteiger charge is 2.25. The van der Waals surface area contributed by atoms with Crippen molar-refractivity contribution in [1.82, 2.24) is 20.2 Å². The van der Waals surface area contributed by atoms with Gasteiger partial charge in [-0.2, -0.15) is 10.1 Å². The summed E-state index contributed by atoms with van der Waals surface area (Å²) in [5.41, 5.74) is 4.00. The quantitative estimate of drug-likeness (QED) is 0.434. The van der Waals surface area contributed by atoms with Crippen molar-refractivity contribution < 1.29 is 0 Å². The second kappa shape index (κ2) is 7.15. The molecule has 4 aromatic rings. The Kier molecular flexibility index (Phi) is 4.21. The zero-order chi connectivity index (χ0) is 18.8. The Hall–Kier alpha value is -3.67. The lowest BCUT2D eigenvalue weighted by molar-refractivity contribution is 0.966. The Morgan fingerprint density at radius 1 is 0.786 bits per heavy atom. The Bertz CT molecular complexity index is 1070. The van der Waals surface area contributed by atoms with Crippen molar-refractivity contribution in [2.45, 2.75) is 18.8 Å². The maximum Gasteiger partial charge on any atom is 0.229 e. The normalized spacial score (nSPS) is 13.3. The molecule has 2 aromatic carbocycles. The summed E-state index contributed by atoms with van der Waals surface area (Å²) < 4.78 is 0. The van der Waals surface area contributed by atoms with Gasteiger partial charge in [-0.25, -0.2) is 4.98 Å². The molecule has 6 nitrogen and oxygen atoms in total. The summed E-state index contributed by atoms with van der Waals surface area (Å²) >= 11 is 0. The van der Waals surface area contributed by atoms with Gasteiger partial charge in [0.2, 0.25) is 5.95 Å². The molecule has 0 saturated heterocycles. The van der Waals surface area contributed by atoms with Gasteiger partial charge < -0.3 is 10.6 Å². The number of aromatic nitrogens is 4. The zero-order valence-electron chi connectivity index (χ0n) is 15.3. The molecule has 6 heteroatoms. The molecule has 0 unspecified atom stereocenters. The van der Waals surface area contributed by atoms with Gasteiger partial charge in [-0.1, -0.05) is 48.5 Å². The molecule has 1 saturated carbocycles. The number of nitrogens with zero attached hydrogens (tertiary/aromatic N) is 3. The predicted octanol–water partition coefficient (Wildman–Crippen LogP) is 5.23. The van der Waals surface area contributed by atoms with Crippen LogP contribution in [0, 0.1) is 0 Å². The van der Waals surface area contributed by atoms with Crippen LogP contribution in [0.1, 0.15) is 24.5 Å². The van der Waals surface area contributed by atoms with Crippen LogP contribution in [0.25, 0.3) is 11.3 Å². The molecule has 1 fully saturated rings. The highest BCUT2D eigenvalue weighted by molar-refractivity contribution is 5.68. The first-order valence-electron chi connectivity index (χ1n) is 9.42. The number of nitrogens with one attached hydrogen (secondary N) is 3. The summed E-state index contributed by atoms with van der Waals surface area (Å²) in [5, 5.41) is 14.1. The molecule has 138 valence electrons. The fourth-order valence-corrected chi connectivity index (χ4v) is 3.11. The maximum atomic E-state index is 4.69. The molecular weight excluding hydrogens is 348 g/mol. The van der Waals surface area contributed by atoms with Gasteiger partial charge in [0.25, 0.3) is 0 Å². The van der Waals surface area contributed by atoms with Crippen molar-refractivity contribution in [2.75, 3.05) is 10.6 Å². The van der Waals surface area contributed by atoms with E-state index in [4.69, 9.17) is 4.98 Å². The molecule has 3 N–H and O–H groups in total. The van der Waals surface area contributed by atoms with E-state index < -0.39 is 0 Å². The molecule has 0 aliphatic heterocycles. The molecule has 5 rings (SSSR count). The molecular formula is C22H20N6. The Labute approximate surface area is 163 Å². The van der Waals surface area contributed by atoms with Crippen molar-refractivity contribution in [3.63, 3.8) is 0 Å². The molecule has 0 bridgehead atoms. The van der Waals surface area contributed by atoms with Crippen molar-refractivity contribution in [2.24, 2.45) is 0 Å². The lowest BCUT2D eigenvalue weighted by Crippen LogP contribution is -2.02. The van der Waals surface area contributed by atoms with E-state index >= 15 is 0 Å². The standard InChI is InChI=1S/C22H20N6/c1-3-7-15(8-4-1)18-13-20(25-21-14-19(27-28-21)16-11-12-16)26-22(24-18)23-17-9-5-2-6-10-17/h1-10,13-14,16H,11-12H2,(H3,23,24,25,26,27,28). The third-order valence-corrected chi connectivity index (χ3v) is 4.70. The summed E-state index contributed by atoms with van der Waals surface area (Å²) in [7, 11) is 0. The third kappa shape index (κ3) is 3.71. The van der Waals surface area contributed by atoms with Crippen molar-refractivity contribution in [3.05, 3.63) is 78.5 Å². The van der Waals surface area contributed by atoms with Gasteiger partial charge in [0.15, 0.2) is 5.82 Å². The predicted molar refractivity (Wildman–Crippen MR) is 111 cm³/mol. The topological polar surface area (TPSA) is 78.5 Å². The summed E-state index contributed by atoms with van der Waals surface area (Å²) in [6, 6.07) is 24.0. The molecule has 0 amide bonds. The van der Waals surface area contributed by atoms with E-state index in [-0.39, 0.29) is 0 Å². The summed E-state index contributed by atoms with van der Waals surface area (Å²) in [6.07, 6.45) is 2.47. The molecule has 0 spiro atoms. The zero-order valence-corrected chi connectivity index (χ0v) is 15.3. The number of hydrogen-bond acceptors (Lipinski definition) is 5. The first kappa shape index (κ1) is 16.5. The van der Waals surface area contributed by atoms with Crippen LogP contribution >= 0.6 is 0 Å². The van der Waals surface area contributed by atoms with Gasteiger partial charge in [-0.3, -0.25) is 5.10 Å². The number of benzene rings is 2. The van der Waals surface area contributed by atoms with Crippen LogP contribution in [0.15, 0.2) is 72.8 Å². The number of para-hydroxylation sites is 1. The highest BCUT2D eigenvalue weighted by Crippen LogP contribution is 2.39. The molecule has 1 aliphatic carbocycles. The van der Waals surface area contributed by atoms with Crippen LogP contribution in [-0.4, -0.2) is 20.2 Å². The van der Waals surface area contributed by atoms with Crippen molar-refractivity contribution in [3.8, 4) is 11.3 Å². The van der Waals surface area contributed by atoms with Gasteiger partial charge in [0.1, 0.15) is 5.82 Å². The third-order valence-electron chi connectivity index (χ3n) is 4.70. The van der Waals surface area contributed by atoms with E-state index in [1.165, 1.54) is 18.5 Å². The summed E-state index contributed by atoms with van der Waals surface area (Å²) in [6.45, 7) is 0. The minimum Gasteiger partial charge on any atom is -0.324 e. The average molecular weight is 368 g/mol. The Morgan fingerprint density at radius 3 is 2.29 bits per heavy atom. The van der Waals surface area contributed by atoms with Crippen molar-refractivity contribution >= 4 is 23.3 Å².